The van der Waals surface area contributed by atoms with Crippen molar-refractivity contribution < 1.29 is 8.78 Å². The van der Waals surface area contributed by atoms with Crippen molar-refractivity contribution in [2.75, 3.05) is 26.2 Å². The van der Waals surface area contributed by atoms with Crippen molar-refractivity contribution in [2.45, 2.75) is 52.1 Å². The van der Waals surface area contributed by atoms with Gasteiger partial charge < -0.3 is 0 Å². The Kier molecular flexibility index (Phi) is 4.85. The van der Waals surface area contributed by atoms with Gasteiger partial charge in [0.05, 0.1) is 6.54 Å². The molecule has 4 heteroatoms. The highest BCUT2D eigenvalue weighted by Crippen LogP contribution is 2.36. The molecule has 116 valence electrons. The molecule has 0 saturated carbocycles. The number of nitrogens with zero attached hydrogens (tertiary/aromatic N) is 2. The van der Waals surface area contributed by atoms with Crippen molar-refractivity contribution >= 4 is 0 Å². The fourth-order valence-corrected chi connectivity index (χ4v) is 3.36. The predicted octanol–water partition coefficient (Wildman–Crippen LogP) is 3.25. The van der Waals surface area contributed by atoms with Crippen molar-refractivity contribution in [1.29, 1.82) is 0 Å². The van der Waals surface area contributed by atoms with Gasteiger partial charge in [-0.3, -0.25) is 9.80 Å². The molecule has 0 aromatic carbocycles. The van der Waals surface area contributed by atoms with Crippen molar-refractivity contribution in [3.05, 3.63) is 12.2 Å². The molecule has 0 aromatic rings. The second-order valence-corrected chi connectivity index (χ2v) is 6.98. The minimum absolute atomic E-state index is 0.0389. The Morgan fingerprint density at radius 1 is 1.05 bits per heavy atom. The van der Waals surface area contributed by atoms with Gasteiger partial charge in [0.25, 0.3) is 5.92 Å². The number of likely N-dealkylation sites (tertiary alicyclic amines) is 1. The van der Waals surface area contributed by atoms with Crippen molar-refractivity contribution in [3.8, 4) is 0 Å². The molecule has 0 aromatic heterocycles. The summed E-state index contributed by atoms with van der Waals surface area (Å²) >= 11 is 0. The molecule has 2 aliphatic heterocycles. The van der Waals surface area contributed by atoms with Crippen LogP contribution in [0.2, 0.25) is 0 Å². The van der Waals surface area contributed by atoms with Crippen LogP contribution in [0.15, 0.2) is 12.2 Å². The molecular weight excluding hydrogens is 258 g/mol. The molecule has 0 bridgehead atoms. The molecule has 0 spiro atoms. The first-order valence-corrected chi connectivity index (χ1v) is 7.81. The maximum absolute atomic E-state index is 14.0. The molecule has 2 heterocycles. The Morgan fingerprint density at radius 3 is 2.30 bits per heavy atom. The molecule has 0 aliphatic carbocycles. The topological polar surface area (TPSA) is 6.48 Å². The summed E-state index contributed by atoms with van der Waals surface area (Å²) in [5.41, 5.74) is 0. The maximum atomic E-state index is 14.0. The molecule has 0 amide bonds. The fourth-order valence-electron chi connectivity index (χ4n) is 3.36. The Labute approximate surface area is 121 Å². The van der Waals surface area contributed by atoms with Crippen LogP contribution in [0.1, 0.15) is 34.1 Å². The molecule has 20 heavy (non-hydrogen) atoms. The zero-order valence-electron chi connectivity index (χ0n) is 13.1. The van der Waals surface area contributed by atoms with E-state index in [4.69, 9.17) is 0 Å². The SMILES string of the molecule is CC(C)N1CC=CC(C2CN(C(C)C)CC(F)(F)C2)C1. The molecule has 2 atom stereocenters. The minimum atomic E-state index is -2.54. The van der Waals surface area contributed by atoms with E-state index >= 15 is 0 Å². The van der Waals surface area contributed by atoms with E-state index in [0.717, 1.165) is 19.6 Å². The second-order valence-electron chi connectivity index (χ2n) is 6.98. The molecule has 0 N–H and O–H groups in total. The zero-order chi connectivity index (χ0) is 14.9. The zero-order valence-corrected chi connectivity index (χ0v) is 13.1. The summed E-state index contributed by atoms with van der Waals surface area (Å²) in [6.45, 7) is 11.0. The molecule has 2 rings (SSSR count). The van der Waals surface area contributed by atoms with Crippen molar-refractivity contribution in [3.63, 3.8) is 0 Å². The van der Waals surface area contributed by atoms with Gasteiger partial charge in [-0.25, -0.2) is 8.78 Å². The first-order chi connectivity index (χ1) is 9.28. The van der Waals surface area contributed by atoms with Gasteiger partial charge in [0.15, 0.2) is 0 Å². The van der Waals surface area contributed by atoms with E-state index in [-0.39, 0.29) is 30.8 Å². The number of rotatable bonds is 3. The van der Waals surface area contributed by atoms with E-state index in [2.05, 4.69) is 30.9 Å². The average Bonchev–Trinajstić information content (AvgIpc) is 2.37. The summed E-state index contributed by atoms with van der Waals surface area (Å²) in [6.07, 6.45) is 4.36. The van der Waals surface area contributed by atoms with Crippen LogP contribution in [0.25, 0.3) is 0 Å². The van der Waals surface area contributed by atoms with Gasteiger partial charge in [0.1, 0.15) is 0 Å². The predicted molar refractivity (Wildman–Crippen MR) is 79.1 cm³/mol. The largest absolute Gasteiger partial charge is 0.297 e. The van der Waals surface area contributed by atoms with Crippen molar-refractivity contribution in [1.82, 2.24) is 9.80 Å². The van der Waals surface area contributed by atoms with Gasteiger partial charge in [-0.1, -0.05) is 12.2 Å². The molecule has 1 fully saturated rings. The molecule has 1 saturated heterocycles. The number of alkyl halides is 2. The summed E-state index contributed by atoms with van der Waals surface area (Å²) in [6, 6.07) is 0.671. The highest BCUT2D eigenvalue weighted by atomic mass is 19.3. The molecule has 2 aliphatic rings. The Bertz CT molecular complexity index is 352. The highest BCUT2D eigenvalue weighted by molar-refractivity contribution is 5.03. The fraction of sp³-hybridized carbons (Fsp3) is 0.875. The third-order valence-corrected chi connectivity index (χ3v) is 4.70. The third-order valence-electron chi connectivity index (χ3n) is 4.70. The van der Waals surface area contributed by atoms with E-state index in [1.54, 1.807) is 0 Å². The standard InChI is InChI=1S/C16H28F2N2/c1-12(2)19-7-5-6-14(9-19)15-8-16(17,18)11-20(10-15)13(3)4/h5-6,12-15H,7-11H2,1-4H3. The molecule has 0 radical (unpaired) electrons. The number of halogens is 2. The molecule has 2 unspecified atom stereocenters. The van der Waals surface area contributed by atoms with Gasteiger partial charge in [0.2, 0.25) is 0 Å². The third kappa shape index (κ3) is 3.79. The molecular formula is C16H28F2N2. The van der Waals surface area contributed by atoms with E-state index in [9.17, 15) is 8.78 Å². The summed E-state index contributed by atoms with van der Waals surface area (Å²) in [5, 5.41) is 0. The van der Waals surface area contributed by atoms with Crippen LogP contribution in [0.4, 0.5) is 8.78 Å². The lowest BCUT2D eigenvalue weighted by atomic mass is 9.81. The van der Waals surface area contributed by atoms with Crippen LogP contribution < -0.4 is 0 Å². The first-order valence-electron chi connectivity index (χ1n) is 7.81. The smallest absolute Gasteiger partial charge is 0.260 e. The van der Waals surface area contributed by atoms with Gasteiger partial charge in [-0.05, 0) is 39.5 Å². The van der Waals surface area contributed by atoms with Gasteiger partial charge >= 0.3 is 0 Å². The minimum Gasteiger partial charge on any atom is -0.297 e. The van der Waals surface area contributed by atoms with E-state index in [1.165, 1.54) is 0 Å². The summed E-state index contributed by atoms with van der Waals surface area (Å²) < 4.78 is 28.0. The number of hydrogen-bond acceptors (Lipinski definition) is 2. The van der Waals surface area contributed by atoms with Crippen LogP contribution in [0.3, 0.4) is 0 Å². The Morgan fingerprint density at radius 2 is 1.70 bits per heavy atom. The lowest BCUT2D eigenvalue weighted by Crippen LogP contribution is -2.53. The maximum Gasteiger partial charge on any atom is 0.260 e. The second kappa shape index (κ2) is 6.10. The summed E-state index contributed by atoms with van der Waals surface area (Å²) in [4.78, 5) is 4.31. The lowest BCUT2D eigenvalue weighted by Gasteiger charge is -2.44. The first kappa shape index (κ1) is 15.9. The lowest BCUT2D eigenvalue weighted by molar-refractivity contribution is -0.100. The van der Waals surface area contributed by atoms with Crippen LogP contribution in [-0.4, -0.2) is 54.0 Å². The van der Waals surface area contributed by atoms with Gasteiger partial charge in [-0.2, -0.15) is 0 Å². The number of piperidine rings is 1. The van der Waals surface area contributed by atoms with Crippen LogP contribution >= 0.6 is 0 Å². The monoisotopic (exact) mass is 286 g/mol. The highest BCUT2D eigenvalue weighted by Gasteiger charge is 2.43. The Hall–Kier alpha value is -0.480. The van der Waals surface area contributed by atoms with E-state index in [1.807, 2.05) is 18.7 Å². The van der Waals surface area contributed by atoms with Crippen LogP contribution in [-0.2, 0) is 0 Å². The summed E-state index contributed by atoms with van der Waals surface area (Å²) in [7, 11) is 0. The van der Waals surface area contributed by atoms with E-state index < -0.39 is 5.92 Å². The average molecular weight is 286 g/mol. The van der Waals surface area contributed by atoms with Crippen LogP contribution in [0.5, 0.6) is 0 Å². The Balaban J connectivity index is 2.07. The quantitative estimate of drug-likeness (QED) is 0.735. The van der Waals surface area contributed by atoms with Gasteiger partial charge in [0, 0.05) is 38.1 Å². The van der Waals surface area contributed by atoms with E-state index in [0.29, 0.717) is 6.04 Å². The number of hydrogen-bond donors (Lipinski definition) is 0. The molecule has 2 nitrogen and oxygen atoms in total. The van der Waals surface area contributed by atoms with Crippen molar-refractivity contribution in [2.24, 2.45) is 11.8 Å². The van der Waals surface area contributed by atoms with Gasteiger partial charge in [-0.15, -0.1) is 0 Å². The normalized spacial score (nSPS) is 32.2. The van der Waals surface area contributed by atoms with Crippen LogP contribution in [0, 0.1) is 11.8 Å². The summed E-state index contributed by atoms with van der Waals surface area (Å²) in [5.74, 6) is -2.21.